The molecular weight excluding hydrogens is 266 g/mol. The van der Waals surface area contributed by atoms with Gasteiger partial charge in [-0.2, -0.15) is 5.10 Å². The highest BCUT2D eigenvalue weighted by Gasteiger charge is 2.23. The molecule has 1 atom stereocenters. The van der Waals surface area contributed by atoms with Gasteiger partial charge in [0.2, 0.25) is 5.91 Å². The van der Waals surface area contributed by atoms with Crippen molar-refractivity contribution in [3.8, 4) is 0 Å². The molecule has 6 nitrogen and oxygen atoms in total. The first-order chi connectivity index (χ1) is 10.3. The zero-order valence-electron chi connectivity index (χ0n) is 12.1. The van der Waals surface area contributed by atoms with Crippen LogP contribution in [0.15, 0.2) is 31.0 Å². The van der Waals surface area contributed by atoms with E-state index in [9.17, 15) is 4.79 Å². The highest BCUT2D eigenvalue weighted by Crippen LogP contribution is 2.20. The van der Waals surface area contributed by atoms with Crippen molar-refractivity contribution in [1.29, 1.82) is 0 Å². The van der Waals surface area contributed by atoms with Gasteiger partial charge in [-0.15, -0.1) is 0 Å². The largest absolute Gasteiger partial charge is 0.342 e. The van der Waals surface area contributed by atoms with Crippen LogP contribution in [0.1, 0.15) is 25.0 Å². The van der Waals surface area contributed by atoms with Gasteiger partial charge in [0.15, 0.2) is 0 Å². The number of nitrogens with zero attached hydrogens (tertiary/aromatic N) is 4. The molecule has 1 N–H and O–H groups in total. The number of carbonyl (C=O) groups excluding carboxylic acids is 1. The Morgan fingerprint density at radius 1 is 1.43 bits per heavy atom. The lowest BCUT2D eigenvalue weighted by atomic mass is 9.93. The number of likely N-dealkylation sites (tertiary alicyclic amines) is 1. The van der Waals surface area contributed by atoms with E-state index in [2.05, 4.69) is 15.2 Å². The lowest BCUT2D eigenvalue weighted by Gasteiger charge is -2.32. The summed E-state index contributed by atoms with van der Waals surface area (Å²) in [5.41, 5.74) is 1.16. The maximum absolute atomic E-state index is 12.3. The first kappa shape index (κ1) is 13.9. The number of amides is 1. The standard InChI is InChI=1S/C15H21N5O/c21-15(4-8-19-9-6-16-12-19)20-7-1-2-13(11-20)10-14-3-5-17-18-14/h3,5-6,9,12-13H,1-2,4,7-8,10-11H2,(H,17,18)/t13-/m1/s1. The maximum atomic E-state index is 12.3. The summed E-state index contributed by atoms with van der Waals surface area (Å²) in [6.45, 7) is 2.46. The number of imidazole rings is 1. The van der Waals surface area contributed by atoms with E-state index in [4.69, 9.17) is 0 Å². The number of hydrogen-bond acceptors (Lipinski definition) is 3. The van der Waals surface area contributed by atoms with Crippen molar-refractivity contribution in [3.63, 3.8) is 0 Å². The molecule has 0 radical (unpaired) electrons. The minimum atomic E-state index is 0.248. The van der Waals surface area contributed by atoms with Crippen LogP contribution in [0.25, 0.3) is 0 Å². The first-order valence-corrected chi connectivity index (χ1v) is 7.53. The minimum Gasteiger partial charge on any atom is -0.342 e. The van der Waals surface area contributed by atoms with Gasteiger partial charge in [0.1, 0.15) is 0 Å². The zero-order chi connectivity index (χ0) is 14.5. The summed E-state index contributed by atoms with van der Waals surface area (Å²) in [4.78, 5) is 18.3. The Morgan fingerprint density at radius 2 is 2.38 bits per heavy atom. The summed E-state index contributed by atoms with van der Waals surface area (Å²) < 4.78 is 1.95. The molecular formula is C15H21N5O. The van der Waals surface area contributed by atoms with Crippen LogP contribution in [0.2, 0.25) is 0 Å². The summed E-state index contributed by atoms with van der Waals surface area (Å²) in [5.74, 6) is 0.786. The van der Waals surface area contributed by atoms with E-state index in [1.165, 1.54) is 6.42 Å². The number of piperidine rings is 1. The molecule has 1 aliphatic rings. The fourth-order valence-corrected chi connectivity index (χ4v) is 2.97. The smallest absolute Gasteiger partial charge is 0.224 e. The molecule has 2 aromatic rings. The van der Waals surface area contributed by atoms with Crippen molar-refractivity contribution >= 4 is 5.91 Å². The molecule has 1 aliphatic heterocycles. The lowest BCUT2D eigenvalue weighted by Crippen LogP contribution is -2.40. The van der Waals surface area contributed by atoms with Gasteiger partial charge >= 0.3 is 0 Å². The predicted molar refractivity (Wildman–Crippen MR) is 78.4 cm³/mol. The molecule has 0 saturated carbocycles. The Kier molecular flexibility index (Phi) is 4.33. The van der Waals surface area contributed by atoms with Gasteiger partial charge in [0.05, 0.1) is 6.33 Å². The third-order valence-corrected chi connectivity index (χ3v) is 4.08. The topological polar surface area (TPSA) is 66.8 Å². The second-order valence-corrected chi connectivity index (χ2v) is 5.68. The van der Waals surface area contributed by atoms with E-state index >= 15 is 0 Å². The van der Waals surface area contributed by atoms with E-state index < -0.39 is 0 Å². The average molecular weight is 287 g/mol. The van der Waals surface area contributed by atoms with Crippen LogP contribution in [0.3, 0.4) is 0 Å². The highest BCUT2D eigenvalue weighted by molar-refractivity contribution is 5.76. The van der Waals surface area contributed by atoms with E-state index in [1.807, 2.05) is 21.7 Å². The molecule has 1 amide bonds. The molecule has 6 heteroatoms. The fraction of sp³-hybridized carbons (Fsp3) is 0.533. The Labute approximate surface area is 124 Å². The van der Waals surface area contributed by atoms with E-state index in [0.717, 1.165) is 31.6 Å². The molecule has 0 spiro atoms. The van der Waals surface area contributed by atoms with Crippen molar-refractivity contribution in [1.82, 2.24) is 24.6 Å². The van der Waals surface area contributed by atoms with Crippen LogP contribution in [-0.2, 0) is 17.8 Å². The molecule has 0 unspecified atom stereocenters. The number of hydrogen-bond donors (Lipinski definition) is 1. The molecule has 0 bridgehead atoms. The molecule has 21 heavy (non-hydrogen) atoms. The quantitative estimate of drug-likeness (QED) is 0.905. The molecule has 3 rings (SSSR count). The molecule has 112 valence electrons. The fourth-order valence-electron chi connectivity index (χ4n) is 2.97. The van der Waals surface area contributed by atoms with Crippen LogP contribution < -0.4 is 0 Å². The first-order valence-electron chi connectivity index (χ1n) is 7.53. The Morgan fingerprint density at radius 3 is 3.14 bits per heavy atom. The molecule has 1 fully saturated rings. The van der Waals surface area contributed by atoms with Crippen molar-refractivity contribution in [2.24, 2.45) is 5.92 Å². The van der Waals surface area contributed by atoms with Gasteiger partial charge < -0.3 is 9.47 Å². The number of aromatic nitrogens is 4. The van der Waals surface area contributed by atoms with Crippen LogP contribution in [0, 0.1) is 5.92 Å². The van der Waals surface area contributed by atoms with Crippen molar-refractivity contribution in [2.75, 3.05) is 13.1 Å². The van der Waals surface area contributed by atoms with Crippen LogP contribution in [0.5, 0.6) is 0 Å². The van der Waals surface area contributed by atoms with Gasteiger partial charge in [-0.05, 0) is 31.2 Å². The van der Waals surface area contributed by atoms with Crippen molar-refractivity contribution in [2.45, 2.75) is 32.2 Å². The summed E-state index contributed by atoms with van der Waals surface area (Å²) in [6.07, 6.45) is 11.0. The number of rotatable bonds is 5. The summed E-state index contributed by atoms with van der Waals surface area (Å²) >= 11 is 0. The molecule has 2 aromatic heterocycles. The summed E-state index contributed by atoms with van der Waals surface area (Å²) in [7, 11) is 0. The number of H-pyrrole nitrogens is 1. The molecule has 0 aliphatic carbocycles. The second-order valence-electron chi connectivity index (χ2n) is 5.68. The average Bonchev–Trinajstić information content (AvgIpc) is 3.18. The van der Waals surface area contributed by atoms with Crippen molar-refractivity contribution < 1.29 is 4.79 Å². The Bertz CT molecular complexity index is 549. The highest BCUT2D eigenvalue weighted by atomic mass is 16.2. The zero-order valence-corrected chi connectivity index (χ0v) is 12.1. The van der Waals surface area contributed by atoms with Crippen LogP contribution in [-0.4, -0.2) is 43.6 Å². The third-order valence-electron chi connectivity index (χ3n) is 4.08. The third kappa shape index (κ3) is 3.71. The van der Waals surface area contributed by atoms with Gasteiger partial charge in [-0.25, -0.2) is 4.98 Å². The van der Waals surface area contributed by atoms with Crippen LogP contribution >= 0.6 is 0 Å². The van der Waals surface area contributed by atoms with Gasteiger partial charge in [-0.3, -0.25) is 9.89 Å². The number of aromatic amines is 1. The summed E-state index contributed by atoms with van der Waals surface area (Å²) in [6, 6.07) is 2.01. The van der Waals surface area contributed by atoms with Gasteiger partial charge in [-0.1, -0.05) is 0 Å². The number of carbonyl (C=O) groups is 1. The Balaban J connectivity index is 1.49. The van der Waals surface area contributed by atoms with Gasteiger partial charge in [0, 0.05) is 50.3 Å². The lowest BCUT2D eigenvalue weighted by molar-refractivity contribution is -0.133. The monoisotopic (exact) mass is 287 g/mol. The molecule has 3 heterocycles. The summed E-state index contributed by atoms with van der Waals surface area (Å²) in [5, 5.41) is 6.99. The Hall–Kier alpha value is -2.11. The van der Waals surface area contributed by atoms with Gasteiger partial charge in [0.25, 0.3) is 0 Å². The molecule has 0 aromatic carbocycles. The number of nitrogens with one attached hydrogen (secondary N) is 1. The SMILES string of the molecule is O=C(CCn1ccnc1)N1CCC[C@H](Cc2ccn[nH]2)C1. The number of aryl methyl sites for hydroxylation is 1. The normalized spacial score (nSPS) is 18.9. The molecule has 1 saturated heterocycles. The van der Waals surface area contributed by atoms with Crippen molar-refractivity contribution in [3.05, 3.63) is 36.7 Å². The maximum Gasteiger partial charge on any atom is 0.224 e. The predicted octanol–water partition coefficient (Wildman–Crippen LogP) is 1.48. The van der Waals surface area contributed by atoms with E-state index in [0.29, 0.717) is 18.9 Å². The van der Waals surface area contributed by atoms with E-state index in [1.54, 1.807) is 18.7 Å². The van der Waals surface area contributed by atoms with Crippen LogP contribution in [0.4, 0.5) is 0 Å². The van der Waals surface area contributed by atoms with E-state index in [-0.39, 0.29) is 5.91 Å². The second kappa shape index (κ2) is 6.56. The minimum absolute atomic E-state index is 0.248.